The van der Waals surface area contributed by atoms with Crippen LogP contribution in [-0.2, 0) is 16.8 Å². The van der Waals surface area contributed by atoms with E-state index in [1.807, 2.05) is 6.92 Å². The van der Waals surface area contributed by atoms with Gasteiger partial charge in [0.1, 0.15) is 5.76 Å². The number of nitrogens with zero attached hydrogens (tertiary/aromatic N) is 2. The summed E-state index contributed by atoms with van der Waals surface area (Å²) >= 11 is 0. The Bertz CT molecular complexity index is 536. The van der Waals surface area contributed by atoms with Crippen molar-refractivity contribution in [1.29, 1.82) is 0 Å². The molecule has 1 unspecified atom stereocenters. The van der Waals surface area contributed by atoms with E-state index in [1.165, 1.54) is 4.31 Å². The van der Waals surface area contributed by atoms with Crippen LogP contribution in [0.4, 0.5) is 0 Å². The number of hydrogen-bond donors (Lipinski definition) is 2. The summed E-state index contributed by atoms with van der Waals surface area (Å²) in [5, 5.41) is 9.15. The van der Waals surface area contributed by atoms with Crippen LogP contribution in [0.1, 0.15) is 30.2 Å². The van der Waals surface area contributed by atoms with E-state index in [-0.39, 0.29) is 19.1 Å². The molecule has 8 heteroatoms. The number of piperidine rings is 1. The first-order chi connectivity index (χ1) is 9.42. The molecular formula is C12H21N3O4S. The Morgan fingerprint density at radius 1 is 1.50 bits per heavy atom. The molecule has 0 spiro atoms. The lowest BCUT2D eigenvalue weighted by atomic mass is 10.0. The standard InChI is InChI=1S/C12H21N3O4S/c1-9-10(2)19-12(14-9)6-13-20(17,18)15-5-3-4-11(7-15)8-16/h11,13,16H,3-8H2,1-2H3. The van der Waals surface area contributed by atoms with Gasteiger partial charge in [0.05, 0.1) is 12.2 Å². The van der Waals surface area contributed by atoms with Gasteiger partial charge in [-0.2, -0.15) is 17.4 Å². The second kappa shape index (κ2) is 6.21. The Morgan fingerprint density at radius 3 is 2.85 bits per heavy atom. The second-order valence-electron chi connectivity index (χ2n) is 5.12. The summed E-state index contributed by atoms with van der Waals surface area (Å²) in [6, 6.07) is 0. The summed E-state index contributed by atoms with van der Waals surface area (Å²) in [5.41, 5.74) is 0.762. The number of nitrogens with one attached hydrogen (secondary N) is 1. The summed E-state index contributed by atoms with van der Waals surface area (Å²) in [6.07, 6.45) is 1.63. The first-order valence-electron chi connectivity index (χ1n) is 6.71. The lowest BCUT2D eigenvalue weighted by Gasteiger charge is -2.30. The number of hydrogen-bond acceptors (Lipinski definition) is 5. The van der Waals surface area contributed by atoms with Gasteiger partial charge in [0, 0.05) is 19.7 Å². The molecule has 0 bridgehead atoms. The number of rotatable bonds is 5. The normalized spacial score (nSPS) is 21.2. The van der Waals surface area contributed by atoms with Crippen LogP contribution < -0.4 is 4.72 Å². The minimum atomic E-state index is -3.56. The summed E-state index contributed by atoms with van der Waals surface area (Å²) < 4.78 is 33.6. The minimum absolute atomic E-state index is 0.0180. The predicted octanol–water partition coefficient (Wildman–Crippen LogP) is 0.330. The maximum absolute atomic E-state index is 12.2. The van der Waals surface area contributed by atoms with Crippen molar-refractivity contribution in [2.24, 2.45) is 5.92 Å². The fourth-order valence-electron chi connectivity index (χ4n) is 2.25. The second-order valence-corrected chi connectivity index (χ2v) is 6.88. The van der Waals surface area contributed by atoms with E-state index in [4.69, 9.17) is 9.52 Å². The predicted molar refractivity (Wildman–Crippen MR) is 73.1 cm³/mol. The third-order valence-corrected chi connectivity index (χ3v) is 5.08. The Labute approximate surface area is 119 Å². The first-order valence-corrected chi connectivity index (χ1v) is 8.15. The maximum Gasteiger partial charge on any atom is 0.279 e. The molecule has 2 N–H and O–H groups in total. The Balaban J connectivity index is 1.96. The molecule has 20 heavy (non-hydrogen) atoms. The fraction of sp³-hybridized carbons (Fsp3) is 0.750. The van der Waals surface area contributed by atoms with Gasteiger partial charge in [-0.15, -0.1) is 0 Å². The number of aromatic nitrogens is 1. The molecular weight excluding hydrogens is 282 g/mol. The van der Waals surface area contributed by atoms with E-state index in [9.17, 15) is 8.42 Å². The van der Waals surface area contributed by atoms with Gasteiger partial charge in [-0.05, 0) is 32.6 Å². The topological polar surface area (TPSA) is 95.7 Å². The molecule has 1 aromatic heterocycles. The summed E-state index contributed by atoms with van der Waals surface area (Å²) in [6.45, 7) is 4.50. The van der Waals surface area contributed by atoms with Gasteiger partial charge in [-0.3, -0.25) is 0 Å². The van der Waals surface area contributed by atoms with Crippen LogP contribution in [0, 0.1) is 19.8 Å². The summed E-state index contributed by atoms with van der Waals surface area (Å²) in [4.78, 5) is 4.14. The van der Waals surface area contributed by atoms with Crippen molar-refractivity contribution in [3.05, 3.63) is 17.3 Å². The highest BCUT2D eigenvalue weighted by Gasteiger charge is 2.28. The zero-order valence-corrected chi connectivity index (χ0v) is 12.6. The van der Waals surface area contributed by atoms with Gasteiger partial charge >= 0.3 is 0 Å². The Kier molecular flexibility index (Phi) is 4.79. The van der Waals surface area contributed by atoms with Crippen molar-refractivity contribution in [2.75, 3.05) is 19.7 Å². The molecule has 2 rings (SSSR count). The van der Waals surface area contributed by atoms with Gasteiger partial charge in [0.2, 0.25) is 5.89 Å². The van der Waals surface area contributed by atoms with Crippen LogP contribution >= 0.6 is 0 Å². The van der Waals surface area contributed by atoms with E-state index < -0.39 is 10.2 Å². The monoisotopic (exact) mass is 303 g/mol. The molecule has 1 saturated heterocycles. The molecule has 0 aliphatic carbocycles. The van der Waals surface area contributed by atoms with Gasteiger partial charge in [0.25, 0.3) is 10.2 Å². The molecule has 0 radical (unpaired) electrons. The van der Waals surface area contributed by atoms with Gasteiger partial charge in [-0.1, -0.05) is 0 Å². The Hall–Kier alpha value is -0.960. The molecule has 2 heterocycles. The summed E-state index contributed by atoms with van der Waals surface area (Å²) in [5.74, 6) is 1.07. The van der Waals surface area contributed by atoms with E-state index in [2.05, 4.69) is 9.71 Å². The molecule has 1 aliphatic heterocycles. The van der Waals surface area contributed by atoms with E-state index in [0.29, 0.717) is 24.7 Å². The van der Waals surface area contributed by atoms with Crippen LogP contribution in [-0.4, -0.2) is 42.5 Å². The summed E-state index contributed by atoms with van der Waals surface area (Å²) in [7, 11) is -3.56. The van der Waals surface area contributed by atoms with Crippen molar-refractivity contribution < 1.29 is 17.9 Å². The highest BCUT2D eigenvalue weighted by molar-refractivity contribution is 7.87. The van der Waals surface area contributed by atoms with Crippen LogP contribution in [0.25, 0.3) is 0 Å². The van der Waals surface area contributed by atoms with Crippen molar-refractivity contribution in [2.45, 2.75) is 33.2 Å². The van der Waals surface area contributed by atoms with E-state index in [0.717, 1.165) is 18.5 Å². The van der Waals surface area contributed by atoms with Crippen LogP contribution in [0.2, 0.25) is 0 Å². The zero-order chi connectivity index (χ0) is 14.8. The molecule has 0 aromatic carbocycles. The lowest BCUT2D eigenvalue weighted by Crippen LogP contribution is -2.46. The SMILES string of the molecule is Cc1nc(CNS(=O)(=O)N2CCCC(CO)C2)oc1C. The number of aryl methyl sites for hydroxylation is 2. The van der Waals surface area contributed by atoms with Crippen LogP contribution in [0.5, 0.6) is 0 Å². The number of aliphatic hydroxyl groups is 1. The Morgan fingerprint density at radius 2 is 2.25 bits per heavy atom. The van der Waals surface area contributed by atoms with Crippen molar-refractivity contribution in [3.8, 4) is 0 Å². The van der Waals surface area contributed by atoms with Gasteiger partial charge in [0.15, 0.2) is 0 Å². The zero-order valence-electron chi connectivity index (χ0n) is 11.8. The largest absolute Gasteiger partial charge is 0.444 e. The lowest BCUT2D eigenvalue weighted by molar-refractivity contribution is 0.164. The van der Waals surface area contributed by atoms with Crippen LogP contribution in [0.3, 0.4) is 0 Å². The third-order valence-electron chi connectivity index (χ3n) is 3.56. The van der Waals surface area contributed by atoms with E-state index in [1.54, 1.807) is 6.92 Å². The van der Waals surface area contributed by atoms with Crippen molar-refractivity contribution in [3.63, 3.8) is 0 Å². The average Bonchev–Trinajstić information content (AvgIpc) is 2.76. The molecule has 114 valence electrons. The van der Waals surface area contributed by atoms with Gasteiger partial charge < -0.3 is 9.52 Å². The van der Waals surface area contributed by atoms with Crippen molar-refractivity contribution >= 4 is 10.2 Å². The molecule has 1 atom stereocenters. The molecule has 1 aliphatic rings. The van der Waals surface area contributed by atoms with Crippen LogP contribution in [0.15, 0.2) is 4.42 Å². The highest BCUT2D eigenvalue weighted by Crippen LogP contribution is 2.18. The molecule has 0 amide bonds. The molecule has 0 saturated carbocycles. The number of oxazole rings is 1. The molecule has 1 aromatic rings. The quantitative estimate of drug-likeness (QED) is 0.817. The maximum atomic E-state index is 12.2. The van der Waals surface area contributed by atoms with E-state index >= 15 is 0 Å². The molecule has 1 fully saturated rings. The van der Waals surface area contributed by atoms with Crippen molar-refractivity contribution in [1.82, 2.24) is 14.0 Å². The van der Waals surface area contributed by atoms with Gasteiger partial charge in [-0.25, -0.2) is 4.98 Å². The average molecular weight is 303 g/mol. The first kappa shape index (κ1) is 15.4. The number of aliphatic hydroxyl groups excluding tert-OH is 1. The minimum Gasteiger partial charge on any atom is -0.444 e. The smallest absolute Gasteiger partial charge is 0.279 e. The highest BCUT2D eigenvalue weighted by atomic mass is 32.2. The molecule has 7 nitrogen and oxygen atoms in total. The third kappa shape index (κ3) is 3.57. The fourth-order valence-corrected chi connectivity index (χ4v) is 3.52.